The summed E-state index contributed by atoms with van der Waals surface area (Å²) in [5.74, 6) is -2.15. The summed E-state index contributed by atoms with van der Waals surface area (Å²) in [5, 5.41) is 9.51. The Hall–Kier alpha value is -2.19. The first-order valence-electron chi connectivity index (χ1n) is 13.8. The van der Waals surface area contributed by atoms with E-state index in [0.29, 0.717) is 32.4 Å². The maximum atomic E-state index is 14.2. The number of ether oxygens (including phenoxy) is 2. The predicted molar refractivity (Wildman–Crippen MR) is 135 cm³/mol. The average molecular weight is 503 g/mol. The van der Waals surface area contributed by atoms with Crippen molar-refractivity contribution in [2.24, 2.45) is 11.8 Å². The first-order valence-corrected chi connectivity index (χ1v) is 13.8. The van der Waals surface area contributed by atoms with Crippen molar-refractivity contribution in [3.05, 3.63) is 25.3 Å². The van der Waals surface area contributed by atoms with Crippen LogP contribution in [0, 0.1) is 11.8 Å². The van der Waals surface area contributed by atoms with Gasteiger partial charge in [0.05, 0.1) is 24.5 Å². The number of amides is 2. The fourth-order valence-corrected chi connectivity index (χ4v) is 6.95. The summed E-state index contributed by atoms with van der Waals surface area (Å²) in [6, 6.07) is -0.678. The van der Waals surface area contributed by atoms with Crippen molar-refractivity contribution < 1.29 is 29.0 Å². The van der Waals surface area contributed by atoms with E-state index in [1.165, 1.54) is 6.42 Å². The smallest absolute Gasteiger partial charge is 0.312 e. The summed E-state index contributed by atoms with van der Waals surface area (Å²) >= 11 is 0. The topological polar surface area (TPSA) is 96.4 Å². The van der Waals surface area contributed by atoms with Crippen molar-refractivity contribution in [1.29, 1.82) is 0 Å². The van der Waals surface area contributed by atoms with Crippen molar-refractivity contribution in [3.63, 3.8) is 0 Å². The molecule has 2 unspecified atom stereocenters. The summed E-state index contributed by atoms with van der Waals surface area (Å²) in [6.45, 7) is 8.48. The molecule has 5 atom stereocenters. The maximum Gasteiger partial charge on any atom is 0.312 e. The summed E-state index contributed by atoms with van der Waals surface area (Å²) in [7, 11) is 0. The molecule has 0 aromatic heterocycles. The number of unbranched alkanes of at least 4 members (excludes halogenated alkanes) is 2. The minimum atomic E-state index is -1.02. The minimum Gasteiger partial charge on any atom is -0.465 e. The fourth-order valence-electron chi connectivity index (χ4n) is 6.95. The third-order valence-electron chi connectivity index (χ3n) is 8.53. The molecule has 1 saturated carbocycles. The molecule has 0 aromatic rings. The van der Waals surface area contributed by atoms with Gasteiger partial charge in [-0.15, -0.1) is 13.2 Å². The highest BCUT2D eigenvalue weighted by Gasteiger charge is 2.75. The number of carbonyl (C=O) groups is 3. The molecule has 2 amide bonds. The third-order valence-corrected chi connectivity index (χ3v) is 8.53. The molecule has 3 aliphatic heterocycles. The van der Waals surface area contributed by atoms with E-state index in [2.05, 4.69) is 13.2 Å². The van der Waals surface area contributed by atoms with Crippen LogP contribution < -0.4 is 0 Å². The maximum absolute atomic E-state index is 14.2. The normalized spacial score (nSPS) is 31.4. The van der Waals surface area contributed by atoms with Crippen LogP contribution in [0.25, 0.3) is 0 Å². The number of rotatable bonds is 13. The Morgan fingerprint density at radius 2 is 1.92 bits per heavy atom. The summed E-state index contributed by atoms with van der Waals surface area (Å²) < 4.78 is 12.1. The number of nitrogens with zero attached hydrogens (tertiary/aromatic N) is 2. The lowest BCUT2D eigenvalue weighted by molar-refractivity contribution is -0.155. The van der Waals surface area contributed by atoms with Gasteiger partial charge in [-0.3, -0.25) is 14.4 Å². The number of likely N-dealkylation sites (tertiary alicyclic amines) is 1. The van der Waals surface area contributed by atoms with E-state index in [0.717, 1.165) is 44.9 Å². The highest BCUT2D eigenvalue weighted by atomic mass is 16.6. The van der Waals surface area contributed by atoms with E-state index >= 15 is 0 Å². The molecule has 3 heterocycles. The van der Waals surface area contributed by atoms with Gasteiger partial charge in [-0.05, 0) is 51.4 Å². The Labute approximate surface area is 214 Å². The van der Waals surface area contributed by atoms with Crippen LogP contribution in [0.1, 0.15) is 70.6 Å². The largest absolute Gasteiger partial charge is 0.465 e. The van der Waals surface area contributed by atoms with Gasteiger partial charge in [0, 0.05) is 25.7 Å². The van der Waals surface area contributed by atoms with Crippen LogP contribution in [0.4, 0.5) is 0 Å². The van der Waals surface area contributed by atoms with E-state index in [1.807, 2.05) is 11.0 Å². The Balaban J connectivity index is 1.59. The third kappa shape index (κ3) is 4.86. The summed E-state index contributed by atoms with van der Waals surface area (Å²) in [5.41, 5.74) is -1.02. The standard InChI is InChI=1S/C28H42N2O6/c1-3-5-6-10-19-35-27(34)22-21-14-15-28(36-21)23(22)25(32)30(17-11-18-31)24(28)26(33)29(16-4-2)20-12-8-7-9-13-20/h3-4,20-24,31H,1-2,5-19H2/t21-,22+,23+,24?,28?/m1/s1. The molecule has 1 N–H and O–H groups in total. The second-order valence-corrected chi connectivity index (χ2v) is 10.7. The molecule has 0 aromatic carbocycles. The highest BCUT2D eigenvalue weighted by Crippen LogP contribution is 2.59. The van der Waals surface area contributed by atoms with Crippen LogP contribution >= 0.6 is 0 Å². The molecular formula is C28H42N2O6. The lowest BCUT2D eigenvalue weighted by Gasteiger charge is -2.40. The van der Waals surface area contributed by atoms with Gasteiger partial charge < -0.3 is 24.4 Å². The van der Waals surface area contributed by atoms with Gasteiger partial charge in [-0.2, -0.15) is 0 Å². The van der Waals surface area contributed by atoms with Crippen LogP contribution in [-0.2, 0) is 23.9 Å². The lowest BCUT2D eigenvalue weighted by Crippen LogP contribution is -2.58. The Kier molecular flexibility index (Phi) is 8.88. The predicted octanol–water partition coefficient (Wildman–Crippen LogP) is 2.99. The second-order valence-electron chi connectivity index (χ2n) is 10.7. The molecule has 1 aliphatic carbocycles. The van der Waals surface area contributed by atoms with Gasteiger partial charge in [-0.25, -0.2) is 0 Å². The molecule has 2 bridgehead atoms. The first-order chi connectivity index (χ1) is 17.5. The van der Waals surface area contributed by atoms with Crippen LogP contribution in [0.15, 0.2) is 25.3 Å². The molecule has 0 radical (unpaired) electrons. The zero-order valence-corrected chi connectivity index (χ0v) is 21.4. The fraction of sp³-hybridized carbons (Fsp3) is 0.750. The Morgan fingerprint density at radius 3 is 2.61 bits per heavy atom. The number of carbonyl (C=O) groups excluding carboxylic acids is 3. The van der Waals surface area contributed by atoms with E-state index in [4.69, 9.17) is 9.47 Å². The summed E-state index contributed by atoms with van der Waals surface area (Å²) in [4.78, 5) is 44.7. The van der Waals surface area contributed by atoms with Gasteiger partial charge in [0.25, 0.3) is 0 Å². The zero-order valence-electron chi connectivity index (χ0n) is 21.4. The number of aliphatic hydroxyl groups is 1. The van der Waals surface area contributed by atoms with Crippen LogP contribution in [0.3, 0.4) is 0 Å². The van der Waals surface area contributed by atoms with Gasteiger partial charge in [0.15, 0.2) is 0 Å². The molecule has 8 heteroatoms. The van der Waals surface area contributed by atoms with Crippen LogP contribution in [0.2, 0.25) is 0 Å². The number of aliphatic hydroxyl groups excluding tert-OH is 1. The number of hydrogen-bond acceptors (Lipinski definition) is 6. The molecular weight excluding hydrogens is 460 g/mol. The molecule has 200 valence electrons. The Morgan fingerprint density at radius 1 is 1.14 bits per heavy atom. The van der Waals surface area contributed by atoms with Crippen LogP contribution in [-0.4, -0.2) is 82.8 Å². The average Bonchev–Trinajstić information content (AvgIpc) is 3.53. The first kappa shape index (κ1) is 26.9. The van der Waals surface area contributed by atoms with Crippen molar-refractivity contribution in [2.75, 3.05) is 26.3 Å². The van der Waals surface area contributed by atoms with Gasteiger partial charge in [0.1, 0.15) is 11.6 Å². The van der Waals surface area contributed by atoms with Crippen molar-refractivity contribution in [2.45, 2.75) is 94.4 Å². The van der Waals surface area contributed by atoms with Gasteiger partial charge in [-0.1, -0.05) is 31.4 Å². The van der Waals surface area contributed by atoms with Gasteiger partial charge in [0.2, 0.25) is 11.8 Å². The van der Waals surface area contributed by atoms with Crippen molar-refractivity contribution in [3.8, 4) is 0 Å². The number of hydrogen-bond donors (Lipinski definition) is 1. The van der Waals surface area contributed by atoms with E-state index in [9.17, 15) is 19.5 Å². The van der Waals surface area contributed by atoms with Crippen molar-refractivity contribution >= 4 is 17.8 Å². The molecule has 4 fully saturated rings. The quantitative estimate of drug-likeness (QED) is 0.236. The van der Waals surface area contributed by atoms with E-state index in [1.54, 1.807) is 11.0 Å². The number of fused-ring (bicyclic) bond motifs is 1. The highest BCUT2D eigenvalue weighted by molar-refractivity contribution is 5.98. The van der Waals surface area contributed by atoms with E-state index in [-0.39, 0.29) is 31.0 Å². The SMILES string of the molecule is C=CCCCCOC(=O)[C@@H]1[C@H]2C(=O)N(CCCO)C(C(=O)N(CC=C)C3CCCCC3)C23CC[C@H]1O3. The minimum absolute atomic E-state index is 0.0823. The number of esters is 1. The monoisotopic (exact) mass is 502 g/mol. The number of allylic oxidation sites excluding steroid dienone is 1. The molecule has 4 rings (SSSR count). The Bertz CT molecular complexity index is 840. The molecule has 8 nitrogen and oxygen atoms in total. The van der Waals surface area contributed by atoms with Crippen LogP contribution in [0.5, 0.6) is 0 Å². The van der Waals surface area contributed by atoms with E-state index < -0.39 is 35.6 Å². The molecule has 1 spiro atoms. The molecule has 3 saturated heterocycles. The molecule has 36 heavy (non-hydrogen) atoms. The van der Waals surface area contributed by atoms with Gasteiger partial charge >= 0.3 is 5.97 Å². The summed E-state index contributed by atoms with van der Waals surface area (Å²) in [6.07, 6.45) is 12.4. The van der Waals surface area contributed by atoms with Crippen molar-refractivity contribution in [1.82, 2.24) is 9.80 Å². The second kappa shape index (κ2) is 11.9. The lowest BCUT2D eigenvalue weighted by atomic mass is 9.70. The molecule has 4 aliphatic rings. The zero-order chi connectivity index (χ0) is 25.7.